The van der Waals surface area contributed by atoms with Gasteiger partial charge in [0.15, 0.2) is 0 Å². The number of carbonyl (C=O) groups excluding carboxylic acids is 2. The average molecular weight is 401 g/mol. The third kappa shape index (κ3) is 6.45. The fourth-order valence-corrected chi connectivity index (χ4v) is 3.07. The predicted octanol–water partition coefficient (Wildman–Crippen LogP) is 0.180. The number of piperidine rings is 1. The third-order valence-corrected chi connectivity index (χ3v) is 4.67. The van der Waals surface area contributed by atoms with Crippen molar-refractivity contribution in [2.75, 3.05) is 66.6 Å². The molecule has 2 heterocycles. The number of nitrogens with two attached hydrogens (primary N) is 1. The lowest BCUT2D eigenvalue weighted by molar-refractivity contribution is -0.133. The van der Waals surface area contributed by atoms with Crippen molar-refractivity contribution in [1.29, 1.82) is 0 Å². The van der Waals surface area contributed by atoms with E-state index in [2.05, 4.69) is 4.90 Å². The molecule has 148 valence electrons. The van der Waals surface area contributed by atoms with E-state index >= 15 is 0 Å². The molecule has 0 aliphatic carbocycles. The number of ether oxygens (including phenoxy) is 2. The molecule has 2 aliphatic rings. The van der Waals surface area contributed by atoms with Crippen molar-refractivity contribution >= 4 is 36.8 Å². The Balaban J connectivity index is 0.00000288. The molecule has 0 radical (unpaired) electrons. The standard InChI is InChI=1S/C15H28N4O4.2ClH/c1-17(9-10-22-2)7-8-19-12-15(23-14(19)21)3-5-18(6-4-15)13(20)11-16;;/h3-12,16H2,1-2H3;2*1H. The van der Waals surface area contributed by atoms with Crippen molar-refractivity contribution in [2.24, 2.45) is 5.73 Å². The van der Waals surface area contributed by atoms with Crippen LogP contribution in [0, 0.1) is 0 Å². The maximum atomic E-state index is 12.1. The lowest BCUT2D eigenvalue weighted by Crippen LogP contribution is -2.50. The van der Waals surface area contributed by atoms with E-state index in [1.54, 1.807) is 16.9 Å². The molecule has 0 aromatic heterocycles. The maximum Gasteiger partial charge on any atom is 0.410 e. The van der Waals surface area contributed by atoms with Crippen LogP contribution in [0.4, 0.5) is 4.79 Å². The van der Waals surface area contributed by atoms with Crippen molar-refractivity contribution < 1.29 is 19.1 Å². The highest BCUT2D eigenvalue weighted by atomic mass is 35.5. The molecule has 1 spiro atoms. The van der Waals surface area contributed by atoms with Crippen LogP contribution in [0.25, 0.3) is 0 Å². The van der Waals surface area contributed by atoms with E-state index < -0.39 is 5.60 Å². The third-order valence-electron chi connectivity index (χ3n) is 4.67. The summed E-state index contributed by atoms with van der Waals surface area (Å²) in [7, 11) is 3.68. The van der Waals surface area contributed by atoms with Gasteiger partial charge in [-0.2, -0.15) is 0 Å². The molecule has 2 aliphatic heterocycles. The normalized spacial score (nSPS) is 18.8. The summed E-state index contributed by atoms with van der Waals surface area (Å²) >= 11 is 0. The number of likely N-dealkylation sites (N-methyl/N-ethyl adjacent to an activating group) is 1. The molecule has 2 saturated heterocycles. The minimum atomic E-state index is -0.437. The van der Waals surface area contributed by atoms with Gasteiger partial charge in [-0.15, -0.1) is 24.8 Å². The van der Waals surface area contributed by atoms with Gasteiger partial charge < -0.3 is 29.9 Å². The van der Waals surface area contributed by atoms with Crippen molar-refractivity contribution in [3.8, 4) is 0 Å². The summed E-state index contributed by atoms with van der Waals surface area (Å²) < 4.78 is 10.7. The first-order valence-corrected chi connectivity index (χ1v) is 8.13. The van der Waals surface area contributed by atoms with Gasteiger partial charge in [0.05, 0.1) is 19.7 Å². The number of carbonyl (C=O) groups is 2. The van der Waals surface area contributed by atoms with Crippen LogP contribution in [0.15, 0.2) is 0 Å². The van der Waals surface area contributed by atoms with Crippen LogP contribution < -0.4 is 5.73 Å². The number of hydrogen-bond acceptors (Lipinski definition) is 6. The fraction of sp³-hybridized carbons (Fsp3) is 0.867. The maximum absolute atomic E-state index is 12.1. The van der Waals surface area contributed by atoms with E-state index in [4.69, 9.17) is 15.2 Å². The first-order chi connectivity index (χ1) is 11.0. The molecule has 2 rings (SSSR count). The number of hydrogen-bond donors (Lipinski definition) is 1. The molecule has 0 atom stereocenters. The molecule has 0 aromatic carbocycles. The molecule has 0 saturated carbocycles. The minimum absolute atomic E-state index is 0. The van der Waals surface area contributed by atoms with Crippen molar-refractivity contribution in [3.05, 3.63) is 0 Å². The Morgan fingerprint density at radius 2 is 1.96 bits per heavy atom. The Morgan fingerprint density at radius 1 is 1.32 bits per heavy atom. The molecular formula is C15H30Cl2N4O4. The van der Waals surface area contributed by atoms with E-state index in [0.29, 0.717) is 45.6 Å². The van der Waals surface area contributed by atoms with E-state index in [-0.39, 0.29) is 43.4 Å². The summed E-state index contributed by atoms with van der Waals surface area (Å²) in [4.78, 5) is 29.4. The minimum Gasteiger partial charge on any atom is -0.441 e. The zero-order chi connectivity index (χ0) is 16.9. The van der Waals surface area contributed by atoms with Gasteiger partial charge in [-0.05, 0) is 7.05 Å². The molecule has 2 amide bonds. The monoisotopic (exact) mass is 400 g/mol. The predicted molar refractivity (Wildman–Crippen MR) is 99.5 cm³/mol. The lowest BCUT2D eigenvalue weighted by atomic mass is 9.91. The van der Waals surface area contributed by atoms with Crippen LogP contribution in [0.2, 0.25) is 0 Å². The molecule has 10 heteroatoms. The second kappa shape index (κ2) is 11.0. The zero-order valence-electron chi connectivity index (χ0n) is 14.9. The van der Waals surface area contributed by atoms with Gasteiger partial charge in [-0.1, -0.05) is 0 Å². The Morgan fingerprint density at radius 3 is 2.52 bits per heavy atom. The first kappa shape index (κ1) is 24.2. The Bertz CT molecular complexity index is 434. The molecule has 2 fully saturated rings. The summed E-state index contributed by atoms with van der Waals surface area (Å²) in [6.45, 7) is 4.78. The summed E-state index contributed by atoms with van der Waals surface area (Å²) in [6.07, 6.45) is 1.12. The molecule has 25 heavy (non-hydrogen) atoms. The number of halogens is 2. The van der Waals surface area contributed by atoms with Gasteiger partial charge in [0, 0.05) is 52.7 Å². The Hall–Kier alpha value is -0.800. The highest BCUT2D eigenvalue weighted by Gasteiger charge is 2.47. The van der Waals surface area contributed by atoms with Gasteiger partial charge in [0.1, 0.15) is 5.60 Å². The number of amides is 2. The number of likely N-dealkylation sites (tertiary alicyclic amines) is 1. The van der Waals surface area contributed by atoms with Crippen LogP contribution in [0.5, 0.6) is 0 Å². The molecule has 0 aromatic rings. The molecular weight excluding hydrogens is 371 g/mol. The summed E-state index contributed by atoms with van der Waals surface area (Å²) in [5.74, 6) is -0.0409. The largest absolute Gasteiger partial charge is 0.441 e. The lowest BCUT2D eigenvalue weighted by Gasteiger charge is -2.37. The highest BCUT2D eigenvalue weighted by Crippen LogP contribution is 2.33. The smallest absolute Gasteiger partial charge is 0.410 e. The second-order valence-electron chi connectivity index (χ2n) is 6.35. The van der Waals surface area contributed by atoms with Crippen LogP contribution in [0.1, 0.15) is 12.8 Å². The van der Waals surface area contributed by atoms with Crippen LogP contribution in [-0.2, 0) is 14.3 Å². The fourth-order valence-electron chi connectivity index (χ4n) is 3.07. The molecule has 0 unspecified atom stereocenters. The van der Waals surface area contributed by atoms with Crippen LogP contribution >= 0.6 is 24.8 Å². The van der Waals surface area contributed by atoms with Gasteiger partial charge in [0.2, 0.25) is 5.91 Å². The van der Waals surface area contributed by atoms with E-state index in [1.165, 1.54) is 0 Å². The number of nitrogens with zero attached hydrogens (tertiary/aromatic N) is 3. The van der Waals surface area contributed by atoms with Crippen molar-refractivity contribution in [1.82, 2.24) is 14.7 Å². The Labute approximate surface area is 161 Å². The quantitative estimate of drug-likeness (QED) is 0.655. The van der Waals surface area contributed by atoms with E-state index in [0.717, 1.165) is 13.1 Å². The summed E-state index contributed by atoms with van der Waals surface area (Å²) in [6, 6.07) is 0. The number of rotatable bonds is 7. The number of methoxy groups -OCH3 is 1. The topological polar surface area (TPSA) is 88.3 Å². The van der Waals surface area contributed by atoms with E-state index in [1.807, 2.05) is 7.05 Å². The van der Waals surface area contributed by atoms with Gasteiger partial charge in [0.25, 0.3) is 0 Å². The van der Waals surface area contributed by atoms with Gasteiger partial charge in [-0.3, -0.25) is 4.79 Å². The molecule has 2 N–H and O–H groups in total. The molecule has 8 nitrogen and oxygen atoms in total. The summed E-state index contributed by atoms with van der Waals surface area (Å²) in [5.41, 5.74) is 4.96. The van der Waals surface area contributed by atoms with Crippen molar-refractivity contribution in [2.45, 2.75) is 18.4 Å². The average Bonchev–Trinajstić information content (AvgIpc) is 2.86. The first-order valence-electron chi connectivity index (χ1n) is 8.13. The highest BCUT2D eigenvalue weighted by molar-refractivity contribution is 5.85. The van der Waals surface area contributed by atoms with Gasteiger partial charge in [-0.25, -0.2) is 4.79 Å². The second-order valence-corrected chi connectivity index (χ2v) is 6.35. The van der Waals surface area contributed by atoms with Crippen LogP contribution in [-0.4, -0.2) is 98.9 Å². The van der Waals surface area contributed by atoms with E-state index in [9.17, 15) is 9.59 Å². The van der Waals surface area contributed by atoms with Gasteiger partial charge >= 0.3 is 6.09 Å². The molecule has 0 bridgehead atoms. The van der Waals surface area contributed by atoms with Crippen LogP contribution in [0.3, 0.4) is 0 Å². The zero-order valence-corrected chi connectivity index (χ0v) is 16.6. The Kier molecular flexibility index (Phi) is 10.7. The SMILES string of the molecule is COCCN(C)CCN1CC2(CCN(C(=O)CN)CC2)OC1=O.Cl.Cl. The van der Waals surface area contributed by atoms with Crippen molar-refractivity contribution in [3.63, 3.8) is 0 Å². The summed E-state index contributed by atoms with van der Waals surface area (Å²) in [5, 5.41) is 0.